The Kier molecular flexibility index (Phi) is 5.36. The molecule has 1 heterocycles. The number of morpholine rings is 1. The SMILES string of the molecule is CN(CCN1CCOCC1)C(=O)c1ccccc1Br. The van der Waals surface area contributed by atoms with Gasteiger partial charge in [0.15, 0.2) is 0 Å². The van der Waals surface area contributed by atoms with E-state index in [-0.39, 0.29) is 5.91 Å². The van der Waals surface area contributed by atoms with Crippen molar-refractivity contribution < 1.29 is 9.53 Å². The van der Waals surface area contributed by atoms with E-state index in [2.05, 4.69) is 20.8 Å². The van der Waals surface area contributed by atoms with Crippen LogP contribution in [0.2, 0.25) is 0 Å². The van der Waals surface area contributed by atoms with E-state index in [0.717, 1.165) is 43.9 Å². The van der Waals surface area contributed by atoms with Crippen LogP contribution in [0, 0.1) is 0 Å². The maximum absolute atomic E-state index is 12.3. The van der Waals surface area contributed by atoms with Crippen molar-refractivity contribution in [3.63, 3.8) is 0 Å². The molecule has 1 amide bonds. The monoisotopic (exact) mass is 326 g/mol. The molecule has 1 saturated heterocycles. The average molecular weight is 327 g/mol. The number of hydrogen-bond acceptors (Lipinski definition) is 3. The van der Waals surface area contributed by atoms with Gasteiger partial charge in [0.25, 0.3) is 5.91 Å². The van der Waals surface area contributed by atoms with Gasteiger partial charge in [0, 0.05) is 37.7 Å². The molecule has 0 spiro atoms. The first-order valence-corrected chi connectivity index (χ1v) is 7.28. The molecule has 19 heavy (non-hydrogen) atoms. The fourth-order valence-electron chi connectivity index (χ4n) is 2.06. The first-order chi connectivity index (χ1) is 9.18. The second-order valence-electron chi connectivity index (χ2n) is 4.66. The Morgan fingerprint density at radius 3 is 2.74 bits per heavy atom. The summed E-state index contributed by atoms with van der Waals surface area (Å²) < 4.78 is 6.16. The zero-order valence-electron chi connectivity index (χ0n) is 11.1. The van der Waals surface area contributed by atoms with Crippen LogP contribution in [0.3, 0.4) is 0 Å². The van der Waals surface area contributed by atoms with Gasteiger partial charge in [0.05, 0.1) is 18.8 Å². The summed E-state index contributed by atoms with van der Waals surface area (Å²) in [6, 6.07) is 7.53. The predicted octanol–water partition coefficient (Wildman–Crippen LogP) is 1.85. The minimum atomic E-state index is 0.0562. The van der Waals surface area contributed by atoms with Gasteiger partial charge in [0.1, 0.15) is 0 Å². The lowest BCUT2D eigenvalue weighted by Crippen LogP contribution is -2.42. The van der Waals surface area contributed by atoms with Gasteiger partial charge >= 0.3 is 0 Å². The number of hydrogen-bond donors (Lipinski definition) is 0. The van der Waals surface area contributed by atoms with E-state index < -0.39 is 0 Å². The molecule has 1 aromatic rings. The summed E-state index contributed by atoms with van der Waals surface area (Å²) in [6.07, 6.45) is 0. The van der Waals surface area contributed by atoms with Gasteiger partial charge in [-0.1, -0.05) is 12.1 Å². The van der Waals surface area contributed by atoms with Crippen molar-refractivity contribution in [3.05, 3.63) is 34.3 Å². The Morgan fingerprint density at radius 2 is 2.05 bits per heavy atom. The molecule has 0 aliphatic carbocycles. The molecule has 1 fully saturated rings. The highest BCUT2D eigenvalue weighted by Gasteiger charge is 2.16. The second kappa shape index (κ2) is 7.03. The van der Waals surface area contributed by atoms with Crippen LogP contribution in [-0.2, 0) is 4.74 Å². The molecule has 0 unspecified atom stereocenters. The standard InChI is InChI=1S/C14H19BrN2O2/c1-16(6-7-17-8-10-19-11-9-17)14(18)12-4-2-3-5-13(12)15/h2-5H,6-11H2,1H3. The summed E-state index contributed by atoms with van der Waals surface area (Å²) in [6.45, 7) is 5.13. The molecular weight excluding hydrogens is 308 g/mol. The largest absolute Gasteiger partial charge is 0.379 e. The summed E-state index contributed by atoms with van der Waals surface area (Å²) >= 11 is 3.42. The number of amides is 1. The summed E-state index contributed by atoms with van der Waals surface area (Å²) in [5.41, 5.74) is 0.715. The van der Waals surface area contributed by atoms with Crippen LogP contribution in [0.4, 0.5) is 0 Å². The molecule has 0 atom stereocenters. The van der Waals surface area contributed by atoms with Gasteiger partial charge in [-0.3, -0.25) is 9.69 Å². The van der Waals surface area contributed by atoms with Gasteiger partial charge in [-0.15, -0.1) is 0 Å². The Labute approximate surface area is 122 Å². The van der Waals surface area contributed by atoms with E-state index in [1.54, 1.807) is 4.90 Å². The zero-order chi connectivity index (χ0) is 13.7. The third-order valence-corrected chi connectivity index (χ3v) is 4.00. The van der Waals surface area contributed by atoms with Gasteiger partial charge in [-0.2, -0.15) is 0 Å². The van der Waals surface area contributed by atoms with Crippen molar-refractivity contribution in [2.45, 2.75) is 0 Å². The molecule has 1 aliphatic heterocycles. The van der Waals surface area contributed by atoms with Crippen LogP contribution in [0.15, 0.2) is 28.7 Å². The van der Waals surface area contributed by atoms with Crippen LogP contribution >= 0.6 is 15.9 Å². The third-order valence-electron chi connectivity index (χ3n) is 3.31. The van der Waals surface area contributed by atoms with Crippen molar-refractivity contribution in [1.29, 1.82) is 0 Å². The number of carbonyl (C=O) groups is 1. The van der Waals surface area contributed by atoms with Crippen molar-refractivity contribution in [3.8, 4) is 0 Å². The van der Waals surface area contributed by atoms with E-state index >= 15 is 0 Å². The lowest BCUT2D eigenvalue weighted by atomic mass is 10.2. The van der Waals surface area contributed by atoms with E-state index in [4.69, 9.17) is 4.74 Å². The van der Waals surface area contributed by atoms with Crippen LogP contribution in [0.1, 0.15) is 10.4 Å². The van der Waals surface area contributed by atoms with Gasteiger partial charge in [0.2, 0.25) is 0 Å². The molecule has 1 aliphatic rings. The fraction of sp³-hybridized carbons (Fsp3) is 0.500. The van der Waals surface area contributed by atoms with Crippen molar-refractivity contribution in [2.24, 2.45) is 0 Å². The molecular formula is C14H19BrN2O2. The van der Waals surface area contributed by atoms with Gasteiger partial charge in [-0.05, 0) is 28.1 Å². The number of ether oxygens (including phenoxy) is 1. The number of rotatable bonds is 4. The highest BCUT2D eigenvalue weighted by Crippen LogP contribution is 2.17. The minimum absolute atomic E-state index is 0.0562. The molecule has 104 valence electrons. The van der Waals surface area contributed by atoms with Crippen LogP contribution in [0.25, 0.3) is 0 Å². The molecule has 0 aromatic heterocycles. The van der Waals surface area contributed by atoms with Crippen LogP contribution < -0.4 is 0 Å². The number of benzene rings is 1. The summed E-state index contributed by atoms with van der Waals surface area (Å²) in [5, 5.41) is 0. The highest BCUT2D eigenvalue weighted by molar-refractivity contribution is 9.10. The average Bonchev–Trinajstić information content (AvgIpc) is 2.45. The Hall–Kier alpha value is -0.910. The molecule has 0 radical (unpaired) electrons. The van der Waals surface area contributed by atoms with Gasteiger partial charge in [-0.25, -0.2) is 0 Å². The molecule has 2 rings (SSSR count). The molecule has 5 heteroatoms. The highest BCUT2D eigenvalue weighted by atomic mass is 79.9. The first kappa shape index (κ1) is 14.5. The number of likely N-dealkylation sites (N-methyl/N-ethyl adjacent to an activating group) is 1. The third kappa shape index (κ3) is 4.03. The molecule has 0 N–H and O–H groups in total. The summed E-state index contributed by atoms with van der Waals surface area (Å²) in [7, 11) is 1.85. The number of nitrogens with zero attached hydrogens (tertiary/aromatic N) is 2. The van der Waals surface area contributed by atoms with Crippen molar-refractivity contribution in [1.82, 2.24) is 9.80 Å². The van der Waals surface area contributed by atoms with Crippen molar-refractivity contribution in [2.75, 3.05) is 46.4 Å². The van der Waals surface area contributed by atoms with E-state index in [1.165, 1.54) is 0 Å². The Bertz CT molecular complexity index is 433. The van der Waals surface area contributed by atoms with E-state index in [9.17, 15) is 4.79 Å². The summed E-state index contributed by atoms with van der Waals surface area (Å²) in [4.78, 5) is 16.4. The normalized spacial score (nSPS) is 16.3. The summed E-state index contributed by atoms with van der Waals surface area (Å²) in [5.74, 6) is 0.0562. The second-order valence-corrected chi connectivity index (χ2v) is 5.51. The fourth-order valence-corrected chi connectivity index (χ4v) is 2.51. The maximum Gasteiger partial charge on any atom is 0.254 e. The molecule has 1 aromatic carbocycles. The predicted molar refractivity (Wildman–Crippen MR) is 78.4 cm³/mol. The van der Waals surface area contributed by atoms with E-state index in [1.807, 2.05) is 31.3 Å². The van der Waals surface area contributed by atoms with E-state index in [0.29, 0.717) is 5.56 Å². The Balaban J connectivity index is 1.87. The quantitative estimate of drug-likeness (QED) is 0.846. The molecule has 0 bridgehead atoms. The van der Waals surface area contributed by atoms with Crippen LogP contribution in [-0.4, -0.2) is 62.1 Å². The molecule has 4 nitrogen and oxygen atoms in total. The maximum atomic E-state index is 12.3. The molecule has 0 saturated carbocycles. The topological polar surface area (TPSA) is 32.8 Å². The number of halogens is 1. The smallest absolute Gasteiger partial charge is 0.254 e. The lowest BCUT2D eigenvalue weighted by Gasteiger charge is -2.28. The number of carbonyl (C=O) groups excluding carboxylic acids is 1. The van der Waals surface area contributed by atoms with Gasteiger partial charge < -0.3 is 9.64 Å². The Morgan fingerprint density at radius 1 is 1.37 bits per heavy atom. The van der Waals surface area contributed by atoms with Crippen molar-refractivity contribution >= 4 is 21.8 Å². The lowest BCUT2D eigenvalue weighted by molar-refractivity contribution is 0.0338. The first-order valence-electron chi connectivity index (χ1n) is 6.48. The van der Waals surface area contributed by atoms with Crippen LogP contribution in [0.5, 0.6) is 0 Å². The minimum Gasteiger partial charge on any atom is -0.379 e. The zero-order valence-corrected chi connectivity index (χ0v) is 12.7.